The molecule has 0 bridgehead atoms. The van der Waals surface area contributed by atoms with E-state index < -0.39 is 34.3 Å². The molecule has 4 aromatic carbocycles. The van der Waals surface area contributed by atoms with Crippen LogP contribution < -0.4 is 9.62 Å². The van der Waals surface area contributed by atoms with Crippen molar-refractivity contribution in [2.24, 2.45) is 0 Å². The molecular weight excluding hydrogens is 633 g/mol. The van der Waals surface area contributed by atoms with Gasteiger partial charge in [-0.1, -0.05) is 82.2 Å². The quantitative estimate of drug-likeness (QED) is 0.205. The van der Waals surface area contributed by atoms with Gasteiger partial charge in [0, 0.05) is 24.0 Å². The number of aryl methyl sites for hydroxylation is 1. The summed E-state index contributed by atoms with van der Waals surface area (Å²) in [6, 6.07) is 27.0. The summed E-state index contributed by atoms with van der Waals surface area (Å²) in [7, 11) is -4.19. The van der Waals surface area contributed by atoms with Gasteiger partial charge in [0.1, 0.15) is 18.4 Å². The van der Waals surface area contributed by atoms with E-state index in [9.17, 15) is 22.4 Å². The number of carbonyl (C=O) groups is 2. The minimum Gasteiger partial charge on any atom is -0.355 e. The van der Waals surface area contributed by atoms with E-state index in [1.165, 1.54) is 29.2 Å². The standard InChI is InChI=1S/C33H33BrFN3O4S/c1-3-36-33(40)31(20-25-8-5-4-6-9-25)37(22-26-14-16-28(35)17-15-26)32(39)23-38(29-11-7-10-27(34)21-29)43(41,42)30-18-12-24(2)13-19-30/h4-19,21,31H,3,20,22-23H2,1-2H3,(H,36,40)/t31-/m0/s1. The first-order valence-corrected chi connectivity index (χ1v) is 16.0. The second kappa shape index (κ2) is 14.4. The lowest BCUT2D eigenvalue weighted by Gasteiger charge is -2.34. The monoisotopic (exact) mass is 665 g/mol. The minimum atomic E-state index is -4.19. The second-order valence-electron chi connectivity index (χ2n) is 10.1. The molecule has 7 nitrogen and oxygen atoms in total. The molecule has 4 rings (SSSR count). The van der Waals surface area contributed by atoms with Crippen molar-refractivity contribution in [3.63, 3.8) is 0 Å². The summed E-state index contributed by atoms with van der Waals surface area (Å²) in [6.07, 6.45) is 0.196. The maximum atomic E-state index is 14.3. The smallest absolute Gasteiger partial charge is 0.264 e. The van der Waals surface area contributed by atoms with Crippen LogP contribution in [-0.2, 0) is 32.6 Å². The lowest BCUT2D eigenvalue weighted by Crippen LogP contribution is -2.53. The molecule has 0 aliphatic rings. The van der Waals surface area contributed by atoms with Crippen molar-refractivity contribution in [1.29, 1.82) is 0 Å². The number of sulfonamides is 1. The normalized spacial score (nSPS) is 11.9. The van der Waals surface area contributed by atoms with Gasteiger partial charge in [-0.2, -0.15) is 0 Å². The topological polar surface area (TPSA) is 86.8 Å². The molecule has 0 aromatic heterocycles. The van der Waals surface area contributed by atoms with Crippen molar-refractivity contribution in [2.45, 2.75) is 37.8 Å². The SMILES string of the molecule is CCNC(=O)[C@H](Cc1ccccc1)N(Cc1ccc(F)cc1)C(=O)CN(c1cccc(Br)c1)S(=O)(=O)c1ccc(C)cc1. The number of rotatable bonds is 12. The second-order valence-corrected chi connectivity index (χ2v) is 12.8. The average molecular weight is 667 g/mol. The molecule has 43 heavy (non-hydrogen) atoms. The van der Waals surface area contributed by atoms with Crippen LogP contribution in [0.5, 0.6) is 0 Å². The lowest BCUT2D eigenvalue weighted by molar-refractivity contribution is -0.140. The third kappa shape index (κ3) is 8.30. The first kappa shape index (κ1) is 31.9. The van der Waals surface area contributed by atoms with E-state index in [4.69, 9.17) is 0 Å². The molecule has 0 saturated carbocycles. The van der Waals surface area contributed by atoms with Gasteiger partial charge in [-0.05, 0) is 67.4 Å². The highest BCUT2D eigenvalue weighted by Gasteiger charge is 2.34. The van der Waals surface area contributed by atoms with Crippen LogP contribution in [0.2, 0.25) is 0 Å². The van der Waals surface area contributed by atoms with Crippen molar-refractivity contribution in [3.05, 3.63) is 130 Å². The zero-order valence-electron chi connectivity index (χ0n) is 23.9. The number of benzene rings is 4. The molecule has 0 saturated heterocycles. The van der Waals surface area contributed by atoms with Crippen LogP contribution in [0, 0.1) is 12.7 Å². The Morgan fingerprint density at radius 3 is 2.19 bits per heavy atom. The number of nitrogens with zero attached hydrogens (tertiary/aromatic N) is 2. The average Bonchev–Trinajstić information content (AvgIpc) is 2.99. The number of amides is 2. The molecule has 0 spiro atoms. The summed E-state index contributed by atoms with van der Waals surface area (Å²) in [5.41, 5.74) is 2.59. The van der Waals surface area contributed by atoms with E-state index in [1.54, 1.807) is 55.5 Å². The van der Waals surface area contributed by atoms with Gasteiger partial charge in [0.15, 0.2) is 0 Å². The number of anilines is 1. The van der Waals surface area contributed by atoms with Crippen LogP contribution in [0.15, 0.2) is 112 Å². The number of halogens is 2. The zero-order valence-corrected chi connectivity index (χ0v) is 26.3. The molecular formula is C33H33BrFN3O4S. The first-order valence-electron chi connectivity index (χ1n) is 13.8. The lowest BCUT2D eigenvalue weighted by atomic mass is 10.0. The largest absolute Gasteiger partial charge is 0.355 e. The molecule has 1 N–H and O–H groups in total. The summed E-state index contributed by atoms with van der Waals surface area (Å²) in [4.78, 5) is 29.2. The van der Waals surface area contributed by atoms with Gasteiger partial charge in [-0.15, -0.1) is 0 Å². The zero-order chi connectivity index (χ0) is 31.0. The van der Waals surface area contributed by atoms with Gasteiger partial charge in [0.25, 0.3) is 10.0 Å². The molecule has 0 fully saturated rings. The highest BCUT2D eigenvalue weighted by atomic mass is 79.9. The fourth-order valence-electron chi connectivity index (χ4n) is 4.63. The van der Waals surface area contributed by atoms with Gasteiger partial charge in [-0.3, -0.25) is 13.9 Å². The fraction of sp³-hybridized carbons (Fsp3) is 0.212. The molecule has 4 aromatic rings. The van der Waals surface area contributed by atoms with Crippen molar-refractivity contribution in [2.75, 3.05) is 17.4 Å². The Bertz CT molecular complexity index is 1650. The molecule has 0 heterocycles. The Morgan fingerprint density at radius 2 is 1.56 bits per heavy atom. The molecule has 0 aliphatic carbocycles. The highest BCUT2D eigenvalue weighted by Crippen LogP contribution is 2.27. The molecule has 1 atom stereocenters. The van der Waals surface area contributed by atoms with Crippen molar-refractivity contribution in [3.8, 4) is 0 Å². The van der Waals surface area contributed by atoms with Crippen LogP contribution in [0.4, 0.5) is 10.1 Å². The van der Waals surface area contributed by atoms with Crippen LogP contribution in [0.3, 0.4) is 0 Å². The summed E-state index contributed by atoms with van der Waals surface area (Å²) in [5, 5.41) is 2.82. The van der Waals surface area contributed by atoms with Crippen LogP contribution >= 0.6 is 15.9 Å². The van der Waals surface area contributed by atoms with Gasteiger partial charge in [0.2, 0.25) is 11.8 Å². The van der Waals surface area contributed by atoms with E-state index >= 15 is 0 Å². The molecule has 10 heteroatoms. The predicted octanol–water partition coefficient (Wildman–Crippen LogP) is 5.87. The molecule has 224 valence electrons. The third-order valence-electron chi connectivity index (χ3n) is 6.87. The molecule has 0 unspecified atom stereocenters. The number of hydrogen-bond acceptors (Lipinski definition) is 4. The van der Waals surface area contributed by atoms with Crippen LogP contribution in [0.25, 0.3) is 0 Å². The summed E-state index contributed by atoms with van der Waals surface area (Å²) in [6.45, 7) is 3.37. The van der Waals surface area contributed by atoms with Gasteiger partial charge >= 0.3 is 0 Å². The number of nitrogens with one attached hydrogen (secondary N) is 1. The number of likely N-dealkylation sites (N-methyl/N-ethyl adjacent to an activating group) is 1. The van der Waals surface area contributed by atoms with Gasteiger partial charge in [-0.25, -0.2) is 12.8 Å². The van der Waals surface area contributed by atoms with Crippen molar-refractivity contribution in [1.82, 2.24) is 10.2 Å². The van der Waals surface area contributed by atoms with Gasteiger partial charge in [0.05, 0.1) is 10.6 Å². The fourth-order valence-corrected chi connectivity index (χ4v) is 6.42. The first-order chi connectivity index (χ1) is 20.6. The Balaban J connectivity index is 1.79. The Labute approximate surface area is 260 Å². The van der Waals surface area contributed by atoms with E-state index in [-0.39, 0.29) is 29.5 Å². The van der Waals surface area contributed by atoms with E-state index in [1.807, 2.05) is 37.3 Å². The Hall–Kier alpha value is -4.02. The predicted molar refractivity (Wildman–Crippen MR) is 169 cm³/mol. The van der Waals surface area contributed by atoms with E-state index in [0.29, 0.717) is 16.6 Å². The maximum Gasteiger partial charge on any atom is 0.264 e. The highest BCUT2D eigenvalue weighted by molar-refractivity contribution is 9.10. The molecule has 0 aliphatic heterocycles. The number of hydrogen-bond donors (Lipinski definition) is 1. The van der Waals surface area contributed by atoms with Gasteiger partial charge < -0.3 is 10.2 Å². The summed E-state index contributed by atoms with van der Waals surface area (Å²) < 4.78 is 43.5. The molecule has 0 radical (unpaired) electrons. The summed E-state index contributed by atoms with van der Waals surface area (Å²) >= 11 is 3.40. The number of carbonyl (C=O) groups excluding carboxylic acids is 2. The third-order valence-corrected chi connectivity index (χ3v) is 9.15. The van der Waals surface area contributed by atoms with E-state index in [0.717, 1.165) is 15.4 Å². The van der Waals surface area contributed by atoms with E-state index in [2.05, 4.69) is 21.2 Å². The Kier molecular flexibility index (Phi) is 10.7. The molecule has 2 amide bonds. The minimum absolute atomic E-state index is 0.0283. The van der Waals surface area contributed by atoms with Crippen LogP contribution in [-0.4, -0.2) is 44.3 Å². The summed E-state index contributed by atoms with van der Waals surface area (Å²) in [5.74, 6) is -1.40. The van der Waals surface area contributed by atoms with Crippen LogP contribution in [0.1, 0.15) is 23.6 Å². The Morgan fingerprint density at radius 1 is 0.884 bits per heavy atom. The van der Waals surface area contributed by atoms with Crippen molar-refractivity contribution < 1.29 is 22.4 Å². The van der Waals surface area contributed by atoms with Crippen molar-refractivity contribution >= 4 is 43.5 Å². The maximum absolute atomic E-state index is 14.3.